The molecule has 8 heteroatoms. The van der Waals surface area contributed by atoms with E-state index < -0.39 is 17.6 Å². The lowest BCUT2D eigenvalue weighted by atomic mass is 10.1. The number of alkyl halides is 3. The van der Waals surface area contributed by atoms with Gasteiger partial charge < -0.3 is 5.32 Å². The van der Waals surface area contributed by atoms with Gasteiger partial charge in [0.2, 0.25) is 0 Å². The smallest absolute Gasteiger partial charge is 0.376 e. The Morgan fingerprint density at radius 1 is 1.12 bits per heavy atom. The zero-order valence-corrected chi connectivity index (χ0v) is 13.5. The molecule has 0 saturated carbocycles. The van der Waals surface area contributed by atoms with Gasteiger partial charge in [0, 0.05) is 5.69 Å². The van der Waals surface area contributed by atoms with Crippen molar-refractivity contribution in [2.45, 2.75) is 6.18 Å². The summed E-state index contributed by atoms with van der Waals surface area (Å²) >= 11 is 0. The topological polar surface area (TPSA) is 76.9 Å². The van der Waals surface area contributed by atoms with Crippen molar-refractivity contribution in [3.05, 3.63) is 71.8 Å². The zero-order valence-electron chi connectivity index (χ0n) is 13.5. The third-order valence-corrected chi connectivity index (χ3v) is 3.36. The van der Waals surface area contributed by atoms with Crippen molar-refractivity contribution < 1.29 is 18.0 Å². The zero-order chi connectivity index (χ0) is 19.2. The van der Waals surface area contributed by atoms with Gasteiger partial charge in [-0.1, -0.05) is 24.8 Å². The summed E-state index contributed by atoms with van der Waals surface area (Å²) in [7, 11) is 0. The predicted octanol–water partition coefficient (Wildman–Crippen LogP) is 3.28. The third-order valence-electron chi connectivity index (χ3n) is 3.36. The molecule has 0 fully saturated rings. The van der Waals surface area contributed by atoms with Crippen LogP contribution in [0.5, 0.6) is 0 Å². The minimum atomic E-state index is -4.44. The summed E-state index contributed by atoms with van der Waals surface area (Å²) in [4.78, 5) is 11.8. The van der Waals surface area contributed by atoms with E-state index >= 15 is 0 Å². The molecule has 0 spiro atoms. The van der Waals surface area contributed by atoms with Crippen molar-refractivity contribution in [3.63, 3.8) is 0 Å². The van der Waals surface area contributed by atoms with Crippen LogP contribution in [0.3, 0.4) is 0 Å². The summed E-state index contributed by atoms with van der Waals surface area (Å²) in [6.07, 6.45) is -4.44. The van der Waals surface area contributed by atoms with Gasteiger partial charge in [-0.15, -0.1) is 0 Å². The van der Waals surface area contributed by atoms with E-state index in [0.717, 1.165) is 12.1 Å². The molecule has 5 nitrogen and oxygen atoms in total. The van der Waals surface area contributed by atoms with E-state index in [1.165, 1.54) is 12.1 Å². The van der Waals surface area contributed by atoms with Gasteiger partial charge in [-0.25, -0.2) is 0 Å². The van der Waals surface area contributed by atoms with Crippen molar-refractivity contribution in [2.75, 3.05) is 11.9 Å². The van der Waals surface area contributed by atoms with E-state index in [9.17, 15) is 18.0 Å². The molecule has 2 rings (SSSR count). The van der Waals surface area contributed by atoms with Gasteiger partial charge in [-0.2, -0.15) is 18.4 Å². The van der Waals surface area contributed by atoms with Gasteiger partial charge in [0.25, 0.3) is 5.91 Å². The van der Waals surface area contributed by atoms with E-state index in [1.807, 2.05) is 6.07 Å². The Kier molecular flexibility index (Phi) is 5.86. The Labute approximate surface area is 148 Å². The van der Waals surface area contributed by atoms with Crippen LogP contribution in [0.4, 0.5) is 18.9 Å². The number of hydrazine groups is 1. The molecule has 0 saturated heterocycles. The number of hydrogen-bond donors (Lipinski definition) is 3. The van der Waals surface area contributed by atoms with Crippen molar-refractivity contribution >= 4 is 17.3 Å². The Morgan fingerprint density at radius 3 is 2.42 bits per heavy atom. The Morgan fingerprint density at radius 2 is 1.81 bits per heavy atom. The summed E-state index contributed by atoms with van der Waals surface area (Å²) < 4.78 is 37.9. The van der Waals surface area contributed by atoms with Gasteiger partial charge in [0.15, 0.2) is 0 Å². The fourth-order valence-electron chi connectivity index (χ4n) is 2.00. The monoisotopic (exact) mass is 360 g/mol. The molecule has 2 aromatic carbocycles. The minimum Gasteiger partial charge on any atom is -0.376 e. The molecule has 0 aromatic heterocycles. The summed E-state index contributed by atoms with van der Waals surface area (Å²) in [6.45, 7) is 3.53. The second-order valence-corrected chi connectivity index (χ2v) is 5.27. The molecular weight excluding hydrogens is 345 g/mol. The number of rotatable bonds is 6. The Hall–Kier alpha value is -3.47. The number of carbonyl (C=O) groups is 1. The van der Waals surface area contributed by atoms with Gasteiger partial charge in [-0.05, 0) is 35.9 Å². The van der Waals surface area contributed by atoms with Crippen LogP contribution in [0.25, 0.3) is 5.70 Å². The fraction of sp³-hybridized carbons (Fsp3) is 0.111. The second kappa shape index (κ2) is 8.07. The maximum absolute atomic E-state index is 12.6. The molecule has 134 valence electrons. The number of amides is 1. The van der Waals surface area contributed by atoms with Gasteiger partial charge in [0.1, 0.15) is 0 Å². The molecule has 26 heavy (non-hydrogen) atoms. The lowest BCUT2D eigenvalue weighted by Crippen LogP contribution is -2.39. The van der Waals surface area contributed by atoms with Crippen molar-refractivity contribution in [1.29, 1.82) is 5.26 Å². The molecule has 0 aliphatic carbocycles. The molecule has 0 bridgehead atoms. The number of halogens is 3. The van der Waals surface area contributed by atoms with E-state index in [-0.39, 0.29) is 12.2 Å². The molecule has 0 aliphatic rings. The first kappa shape index (κ1) is 18.9. The van der Waals surface area contributed by atoms with Crippen LogP contribution >= 0.6 is 0 Å². The first-order valence-corrected chi connectivity index (χ1v) is 7.45. The summed E-state index contributed by atoms with van der Waals surface area (Å²) in [5.41, 5.74) is 5.96. The molecule has 0 heterocycles. The molecule has 3 N–H and O–H groups in total. The van der Waals surface area contributed by atoms with Crippen molar-refractivity contribution in [1.82, 2.24) is 10.9 Å². The highest BCUT2D eigenvalue weighted by molar-refractivity contribution is 5.81. The summed E-state index contributed by atoms with van der Waals surface area (Å²) in [6, 6.07) is 13.1. The molecule has 2 aromatic rings. The standard InChI is InChI=1S/C18H15F3N4O/c1-12(14-7-5-13(10-22)6-8-14)24-25-17(26)11-23-16-4-2-3-15(9-16)18(19,20)21/h2-9,23-24H,1,11H2,(H,25,26). The molecule has 0 aliphatic heterocycles. The number of anilines is 1. The van der Waals surface area contributed by atoms with Crippen LogP contribution in [0.15, 0.2) is 55.1 Å². The number of hydrogen-bond acceptors (Lipinski definition) is 4. The molecule has 0 radical (unpaired) electrons. The normalized spacial score (nSPS) is 10.5. The highest BCUT2D eigenvalue weighted by Crippen LogP contribution is 2.30. The van der Waals surface area contributed by atoms with E-state index in [0.29, 0.717) is 16.8 Å². The molecular formula is C18H15F3N4O. The van der Waals surface area contributed by atoms with Crippen molar-refractivity contribution in [3.8, 4) is 6.07 Å². The summed E-state index contributed by atoms with van der Waals surface area (Å²) in [5, 5.41) is 11.4. The number of nitrogens with zero attached hydrogens (tertiary/aromatic N) is 1. The van der Waals surface area contributed by atoms with Crippen LogP contribution in [0.1, 0.15) is 16.7 Å². The maximum atomic E-state index is 12.6. The fourth-order valence-corrected chi connectivity index (χ4v) is 2.00. The summed E-state index contributed by atoms with van der Waals surface area (Å²) in [5.74, 6) is -0.489. The Balaban J connectivity index is 1.83. The average Bonchev–Trinajstić information content (AvgIpc) is 2.64. The predicted molar refractivity (Wildman–Crippen MR) is 91.4 cm³/mol. The quantitative estimate of drug-likeness (QED) is 0.691. The van der Waals surface area contributed by atoms with Crippen LogP contribution in [0.2, 0.25) is 0 Å². The second-order valence-electron chi connectivity index (χ2n) is 5.27. The highest BCUT2D eigenvalue weighted by Gasteiger charge is 2.30. The number of nitriles is 1. The first-order valence-electron chi connectivity index (χ1n) is 7.45. The number of nitrogens with one attached hydrogen (secondary N) is 3. The lowest BCUT2D eigenvalue weighted by molar-refractivity contribution is -0.137. The van der Waals surface area contributed by atoms with Gasteiger partial charge >= 0.3 is 6.18 Å². The molecule has 0 atom stereocenters. The van der Waals surface area contributed by atoms with E-state index in [4.69, 9.17) is 5.26 Å². The van der Waals surface area contributed by atoms with Crippen LogP contribution in [-0.2, 0) is 11.0 Å². The SMILES string of the molecule is C=C(NNC(=O)CNc1cccc(C(F)(F)F)c1)c1ccc(C#N)cc1. The number of benzene rings is 2. The minimum absolute atomic E-state index is 0.181. The third kappa shape index (κ3) is 5.27. The highest BCUT2D eigenvalue weighted by atomic mass is 19.4. The average molecular weight is 360 g/mol. The Bertz CT molecular complexity index is 839. The van der Waals surface area contributed by atoms with Gasteiger partial charge in [-0.3, -0.25) is 15.6 Å². The molecule has 0 unspecified atom stereocenters. The molecule has 1 amide bonds. The maximum Gasteiger partial charge on any atom is 0.416 e. The number of carbonyl (C=O) groups excluding carboxylic acids is 1. The van der Waals surface area contributed by atoms with E-state index in [2.05, 4.69) is 22.7 Å². The largest absolute Gasteiger partial charge is 0.416 e. The first-order chi connectivity index (χ1) is 12.3. The van der Waals surface area contributed by atoms with E-state index in [1.54, 1.807) is 24.3 Å². The van der Waals surface area contributed by atoms with Gasteiger partial charge in [0.05, 0.1) is 29.4 Å². The van der Waals surface area contributed by atoms with Crippen molar-refractivity contribution in [2.24, 2.45) is 0 Å². The van der Waals surface area contributed by atoms with Crippen LogP contribution < -0.4 is 16.2 Å². The van der Waals surface area contributed by atoms with Crippen LogP contribution in [-0.4, -0.2) is 12.5 Å². The lowest BCUT2D eigenvalue weighted by Gasteiger charge is -2.13. The van der Waals surface area contributed by atoms with Crippen LogP contribution in [0, 0.1) is 11.3 Å².